The molecule has 3 saturated heterocycles. The standard InChI is InChI=1S/C20H31NO3S/c22-19(10-16-4-2-1-3-5-16)21-14-20(15-21)11-18(13-25-20)24-12-17-6-8-23-9-7-17/h4,17-18H,1-3,5-15H2. The van der Waals surface area contributed by atoms with Gasteiger partial charge in [0.05, 0.1) is 10.9 Å². The smallest absolute Gasteiger partial charge is 0.226 e. The molecule has 0 aromatic rings. The van der Waals surface area contributed by atoms with Gasteiger partial charge >= 0.3 is 0 Å². The Morgan fingerprint density at radius 1 is 1.32 bits per heavy atom. The fourth-order valence-electron chi connectivity index (χ4n) is 4.51. The fraction of sp³-hybridized carbons (Fsp3) is 0.850. The lowest BCUT2D eigenvalue weighted by Crippen LogP contribution is -2.60. The molecule has 25 heavy (non-hydrogen) atoms. The number of rotatable bonds is 5. The molecule has 4 aliphatic rings. The van der Waals surface area contributed by atoms with Crippen LogP contribution in [0.4, 0.5) is 0 Å². The molecule has 1 unspecified atom stereocenters. The average molecular weight is 366 g/mol. The molecule has 0 aromatic heterocycles. The molecule has 0 N–H and O–H groups in total. The SMILES string of the molecule is O=C(CC1=CCCCC1)N1CC2(CC(OCC3CCOCC3)CS2)C1. The van der Waals surface area contributed by atoms with Crippen molar-refractivity contribution in [1.29, 1.82) is 0 Å². The summed E-state index contributed by atoms with van der Waals surface area (Å²) in [7, 11) is 0. The van der Waals surface area contributed by atoms with Gasteiger partial charge in [-0.3, -0.25) is 4.79 Å². The van der Waals surface area contributed by atoms with E-state index in [1.807, 2.05) is 11.8 Å². The summed E-state index contributed by atoms with van der Waals surface area (Å²) in [6.45, 7) is 4.54. The highest BCUT2D eigenvalue weighted by Crippen LogP contribution is 2.46. The fourth-order valence-corrected chi connectivity index (χ4v) is 6.06. The van der Waals surface area contributed by atoms with Gasteiger partial charge in [0.25, 0.3) is 0 Å². The Bertz CT molecular complexity index is 509. The maximum Gasteiger partial charge on any atom is 0.226 e. The number of carbonyl (C=O) groups is 1. The first-order valence-electron chi connectivity index (χ1n) is 10.0. The van der Waals surface area contributed by atoms with Crippen LogP contribution in [0.3, 0.4) is 0 Å². The summed E-state index contributed by atoms with van der Waals surface area (Å²) in [5.74, 6) is 2.11. The number of ether oxygens (including phenoxy) is 2. The van der Waals surface area contributed by atoms with Crippen molar-refractivity contribution in [3.05, 3.63) is 11.6 Å². The van der Waals surface area contributed by atoms with Crippen LogP contribution in [0, 0.1) is 5.92 Å². The first-order chi connectivity index (χ1) is 12.2. The first kappa shape index (κ1) is 17.9. The summed E-state index contributed by atoms with van der Waals surface area (Å²) < 4.78 is 11.9. The van der Waals surface area contributed by atoms with Crippen LogP contribution in [-0.4, -0.2) is 60.3 Å². The zero-order valence-corrected chi connectivity index (χ0v) is 16.0. The van der Waals surface area contributed by atoms with Crippen LogP contribution in [0.15, 0.2) is 11.6 Å². The number of nitrogens with zero attached hydrogens (tertiary/aromatic N) is 1. The maximum atomic E-state index is 12.5. The van der Waals surface area contributed by atoms with Crippen LogP contribution in [0.5, 0.6) is 0 Å². The molecule has 140 valence electrons. The third-order valence-electron chi connectivity index (χ3n) is 6.16. The van der Waals surface area contributed by atoms with E-state index in [1.54, 1.807) is 0 Å². The number of carbonyl (C=O) groups excluding carboxylic acids is 1. The summed E-state index contributed by atoms with van der Waals surface area (Å²) in [6.07, 6.45) is 11.6. The van der Waals surface area contributed by atoms with E-state index in [1.165, 1.54) is 18.4 Å². The van der Waals surface area contributed by atoms with Crippen LogP contribution >= 0.6 is 11.8 Å². The lowest BCUT2D eigenvalue weighted by Gasteiger charge is -2.47. The van der Waals surface area contributed by atoms with Crippen molar-refractivity contribution in [2.45, 2.75) is 62.2 Å². The second-order valence-corrected chi connectivity index (χ2v) is 9.73. The van der Waals surface area contributed by atoms with E-state index in [2.05, 4.69) is 11.0 Å². The Hall–Kier alpha value is -0.520. The number of allylic oxidation sites excluding steroid dienone is 1. The molecule has 4 nitrogen and oxygen atoms in total. The van der Waals surface area contributed by atoms with E-state index >= 15 is 0 Å². The Morgan fingerprint density at radius 3 is 2.92 bits per heavy atom. The van der Waals surface area contributed by atoms with Gasteiger partial charge in [0.1, 0.15) is 0 Å². The minimum absolute atomic E-state index is 0.289. The van der Waals surface area contributed by atoms with Gasteiger partial charge < -0.3 is 14.4 Å². The minimum Gasteiger partial charge on any atom is -0.381 e. The zero-order chi connectivity index (χ0) is 17.1. The topological polar surface area (TPSA) is 38.8 Å². The molecule has 0 bridgehead atoms. The van der Waals surface area contributed by atoms with Gasteiger partial charge in [0.15, 0.2) is 0 Å². The van der Waals surface area contributed by atoms with E-state index in [4.69, 9.17) is 9.47 Å². The molecule has 3 aliphatic heterocycles. The molecular formula is C20H31NO3S. The first-order valence-corrected chi connectivity index (χ1v) is 11.0. The van der Waals surface area contributed by atoms with Crippen LogP contribution in [-0.2, 0) is 14.3 Å². The molecule has 5 heteroatoms. The van der Waals surface area contributed by atoms with Gasteiger partial charge in [-0.25, -0.2) is 0 Å². The molecule has 3 fully saturated rings. The number of hydrogen-bond acceptors (Lipinski definition) is 4. The van der Waals surface area contributed by atoms with E-state index in [0.717, 1.165) is 70.8 Å². The quantitative estimate of drug-likeness (QED) is 0.700. The van der Waals surface area contributed by atoms with Crippen LogP contribution < -0.4 is 0 Å². The number of likely N-dealkylation sites (tertiary alicyclic amines) is 1. The third kappa shape index (κ3) is 4.42. The highest BCUT2D eigenvalue weighted by molar-refractivity contribution is 8.01. The Labute approximate surface area is 155 Å². The van der Waals surface area contributed by atoms with Crippen LogP contribution in [0.2, 0.25) is 0 Å². The molecule has 0 saturated carbocycles. The van der Waals surface area contributed by atoms with E-state index in [-0.39, 0.29) is 4.75 Å². The molecule has 0 radical (unpaired) electrons. The molecule has 1 amide bonds. The highest BCUT2D eigenvalue weighted by atomic mass is 32.2. The molecule has 0 aromatic carbocycles. The van der Waals surface area contributed by atoms with Gasteiger partial charge in [-0.05, 0) is 50.9 Å². The summed E-state index contributed by atoms with van der Waals surface area (Å²) >= 11 is 2.04. The molecule has 1 spiro atoms. The third-order valence-corrected chi connectivity index (χ3v) is 7.73. The van der Waals surface area contributed by atoms with Crippen LogP contribution in [0.25, 0.3) is 0 Å². The Morgan fingerprint density at radius 2 is 2.16 bits per heavy atom. The zero-order valence-electron chi connectivity index (χ0n) is 15.2. The summed E-state index contributed by atoms with van der Waals surface area (Å²) in [5, 5.41) is 0. The Balaban J connectivity index is 1.18. The average Bonchev–Trinajstić information content (AvgIpc) is 3.05. The van der Waals surface area contributed by atoms with Gasteiger partial charge in [0.2, 0.25) is 5.91 Å². The summed E-state index contributed by atoms with van der Waals surface area (Å²) in [4.78, 5) is 14.6. The van der Waals surface area contributed by atoms with Crippen molar-refractivity contribution in [1.82, 2.24) is 4.90 Å². The minimum atomic E-state index is 0.289. The van der Waals surface area contributed by atoms with Crippen molar-refractivity contribution < 1.29 is 14.3 Å². The number of amides is 1. The highest BCUT2D eigenvalue weighted by Gasteiger charge is 2.50. The van der Waals surface area contributed by atoms with Crippen molar-refractivity contribution in [2.75, 3.05) is 38.7 Å². The van der Waals surface area contributed by atoms with E-state index < -0.39 is 0 Å². The molecule has 3 heterocycles. The summed E-state index contributed by atoms with van der Waals surface area (Å²) in [6, 6.07) is 0. The largest absolute Gasteiger partial charge is 0.381 e. The summed E-state index contributed by atoms with van der Waals surface area (Å²) in [5.41, 5.74) is 1.37. The Kier molecular flexibility index (Phi) is 5.73. The monoisotopic (exact) mass is 365 g/mol. The van der Waals surface area contributed by atoms with E-state index in [9.17, 15) is 4.79 Å². The molecular weight excluding hydrogens is 334 g/mol. The van der Waals surface area contributed by atoms with Gasteiger partial charge in [-0.2, -0.15) is 0 Å². The normalized spacial score (nSPS) is 29.5. The van der Waals surface area contributed by atoms with Crippen molar-refractivity contribution in [3.63, 3.8) is 0 Å². The van der Waals surface area contributed by atoms with Crippen molar-refractivity contribution in [2.24, 2.45) is 5.92 Å². The van der Waals surface area contributed by atoms with Gasteiger partial charge in [-0.1, -0.05) is 11.6 Å². The molecule has 1 atom stereocenters. The van der Waals surface area contributed by atoms with E-state index in [0.29, 0.717) is 24.3 Å². The lowest BCUT2D eigenvalue weighted by atomic mass is 9.91. The lowest BCUT2D eigenvalue weighted by molar-refractivity contribution is -0.136. The predicted molar refractivity (Wildman–Crippen MR) is 101 cm³/mol. The molecule has 1 aliphatic carbocycles. The predicted octanol–water partition coefficient (Wildman–Crippen LogP) is 3.41. The number of hydrogen-bond donors (Lipinski definition) is 0. The van der Waals surface area contributed by atoms with Gasteiger partial charge in [-0.15, -0.1) is 11.8 Å². The second kappa shape index (κ2) is 8.01. The molecule has 4 rings (SSSR count). The van der Waals surface area contributed by atoms with Crippen LogP contribution in [0.1, 0.15) is 51.4 Å². The van der Waals surface area contributed by atoms with Gasteiger partial charge in [0, 0.05) is 45.1 Å². The second-order valence-electron chi connectivity index (χ2n) is 8.24. The number of thioether (sulfide) groups is 1. The van der Waals surface area contributed by atoms with Crippen molar-refractivity contribution in [3.8, 4) is 0 Å². The maximum absolute atomic E-state index is 12.5. The van der Waals surface area contributed by atoms with Crippen molar-refractivity contribution >= 4 is 17.7 Å².